The van der Waals surface area contributed by atoms with Crippen molar-refractivity contribution in [1.29, 1.82) is 0 Å². The smallest absolute Gasteiger partial charge is 0.386 e. The molecule has 0 aliphatic heterocycles. The Morgan fingerprint density at radius 2 is 1.38 bits per heavy atom. The molecule has 1 atom stereocenters. The summed E-state index contributed by atoms with van der Waals surface area (Å²) in [5.74, 6) is 0. The molecular formula is C13H14F6O2. The summed E-state index contributed by atoms with van der Waals surface area (Å²) in [5.41, 5.74) is 1.66. The van der Waals surface area contributed by atoms with Crippen molar-refractivity contribution in [2.45, 2.75) is 38.4 Å². The molecule has 0 saturated heterocycles. The van der Waals surface area contributed by atoms with Gasteiger partial charge in [0.15, 0.2) is 0 Å². The van der Waals surface area contributed by atoms with E-state index in [4.69, 9.17) is 0 Å². The molecule has 0 bridgehead atoms. The highest BCUT2D eigenvalue weighted by Crippen LogP contribution is 2.36. The first-order chi connectivity index (χ1) is 9.41. The largest absolute Gasteiger partial charge is 0.423 e. The highest BCUT2D eigenvalue weighted by Gasteiger charge is 2.58. The molecule has 8 heteroatoms. The monoisotopic (exact) mass is 316 g/mol. The van der Waals surface area contributed by atoms with Crippen molar-refractivity contribution in [2.24, 2.45) is 0 Å². The van der Waals surface area contributed by atoms with Crippen LogP contribution in [0.5, 0.6) is 0 Å². The van der Waals surface area contributed by atoms with E-state index in [2.05, 4.69) is 4.74 Å². The number of halogens is 6. The molecule has 0 aliphatic rings. The minimum Gasteiger partial charge on any atom is -0.386 e. The average molecular weight is 316 g/mol. The second-order valence-electron chi connectivity index (χ2n) is 4.73. The Hall–Kier alpha value is -1.28. The van der Waals surface area contributed by atoms with Crippen molar-refractivity contribution in [3.05, 3.63) is 34.9 Å². The van der Waals surface area contributed by atoms with E-state index in [9.17, 15) is 31.4 Å². The Labute approximate surface area is 117 Å². The van der Waals surface area contributed by atoms with E-state index in [0.717, 1.165) is 11.1 Å². The highest BCUT2D eigenvalue weighted by molar-refractivity contribution is 5.29. The second-order valence-corrected chi connectivity index (χ2v) is 4.73. The van der Waals surface area contributed by atoms with Gasteiger partial charge < -0.3 is 9.84 Å². The molecule has 0 heterocycles. The van der Waals surface area contributed by atoms with Gasteiger partial charge in [0.1, 0.15) is 6.10 Å². The minimum absolute atomic E-state index is 0.204. The van der Waals surface area contributed by atoms with Crippen LogP contribution in [0.1, 0.15) is 22.8 Å². The number of rotatable bonds is 4. The topological polar surface area (TPSA) is 29.5 Å². The average Bonchev–Trinajstić information content (AvgIpc) is 2.23. The van der Waals surface area contributed by atoms with E-state index in [1.54, 1.807) is 19.9 Å². The Bertz CT molecular complexity index is 446. The highest BCUT2D eigenvalue weighted by atomic mass is 19.4. The molecule has 120 valence electrons. The number of hydrogen-bond acceptors (Lipinski definition) is 2. The number of hydrogen-bond donors (Lipinski definition) is 1. The van der Waals surface area contributed by atoms with Gasteiger partial charge in [-0.3, -0.25) is 0 Å². The van der Waals surface area contributed by atoms with Crippen LogP contribution in [0.4, 0.5) is 26.3 Å². The van der Waals surface area contributed by atoms with Gasteiger partial charge in [0.2, 0.25) is 6.10 Å². The van der Waals surface area contributed by atoms with Crippen molar-refractivity contribution in [1.82, 2.24) is 0 Å². The summed E-state index contributed by atoms with van der Waals surface area (Å²) in [6, 6.07) is 4.69. The first kappa shape index (κ1) is 17.8. The molecule has 0 spiro atoms. The van der Waals surface area contributed by atoms with Crippen molar-refractivity contribution < 1.29 is 36.2 Å². The third-order valence-corrected chi connectivity index (χ3v) is 2.64. The summed E-state index contributed by atoms with van der Waals surface area (Å²) in [7, 11) is 0. The Balaban J connectivity index is 2.80. The number of alkyl halides is 6. The molecule has 2 nitrogen and oxygen atoms in total. The molecule has 1 N–H and O–H groups in total. The van der Waals surface area contributed by atoms with Crippen LogP contribution in [0.25, 0.3) is 0 Å². The second kappa shape index (κ2) is 6.23. The van der Waals surface area contributed by atoms with E-state index in [1.807, 2.05) is 0 Å². The molecule has 0 aromatic heterocycles. The standard InChI is InChI=1S/C13H14F6O2/c1-7-3-8(2)5-9(4-7)10(20)6-21-11(12(14,15)16)13(17,18)19/h3-5,10-11,20H,6H2,1-2H3. The lowest BCUT2D eigenvalue weighted by Gasteiger charge is -2.24. The number of benzene rings is 1. The fourth-order valence-corrected chi connectivity index (χ4v) is 1.86. The number of aliphatic hydroxyl groups is 1. The number of aryl methyl sites for hydroxylation is 2. The van der Waals surface area contributed by atoms with Gasteiger partial charge in [0, 0.05) is 0 Å². The molecule has 1 aromatic carbocycles. The van der Waals surface area contributed by atoms with Gasteiger partial charge in [0.25, 0.3) is 0 Å². The van der Waals surface area contributed by atoms with Crippen LogP contribution in [0.2, 0.25) is 0 Å². The van der Waals surface area contributed by atoms with Gasteiger partial charge in [-0.15, -0.1) is 0 Å². The third-order valence-electron chi connectivity index (χ3n) is 2.64. The maximum Gasteiger partial charge on any atom is 0.423 e. The third kappa shape index (κ3) is 5.20. The zero-order valence-corrected chi connectivity index (χ0v) is 11.2. The molecule has 1 unspecified atom stereocenters. The summed E-state index contributed by atoms with van der Waals surface area (Å²) in [5, 5.41) is 9.69. The summed E-state index contributed by atoms with van der Waals surface area (Å²) in [4.78, 5) is 0. The summed E-state index contributed by atoms with van der Waals surface area (Å²) in [6.45, 7) is 2.28. The van der Waals surface area contributed by atoms with E-state index >= 15 is 0 Å². The van der Waals surface area contributed by atoms with Gasteiger partial charge in [-0.1, -0.05) is 29.3 Å². The molecule has 0 radical (unpaired) electrons. The van der Waals surface area contributed by atoms with Crippen LogP contribution in [0, 0.1) is 13.8 Å². The first-order valence-electron chi connectivity index (χ1n) is 5.92. The van der Waals surface area contributed by atoms with Crippen LogP contribution >= 0.6 is 0 Å². The molecule has 0 fully saturated rings. The number of ether oxygens (including phenoxy) is 1. The molecule has 1 aromatic rings. The molecule has 0 saturated carbocycles. The van der Waals surface area contributed by atoms with Gasteiger partial charge in [0.05, 0.1) is 6.61 Å². The fraction of sp³-hybridized carbons (Fsp3) is 0.538. The molecular weight excluding hydrogens is 302 g/mol. The van der Waals surface area contributed by atoms with Gasteiger partial charge in [-0.05, 0) is 19.4 Å². The van der Waals surface area contributed by atoms with Crippen LogP contribution < -0.4 is 0 Å². The predicted molar refractivity (Wildman–Crippen MR) is 62.7 cm³/mol. The van der Waals surface area contributed by atoms with Crippen LogP contribution in [0.3, 0.4) is 0 Å². The van der Waals surface area contributed by atoms with Gasteiger partial charge in [-0.2, -0.15) is 26.3 Å². The Morgan fingerprint density at radius 1 is 0.952 bits per heavy atom. The Morgan fingerprint density at radius 3 is 1.76 bits per heavy atom. The maximum absolute atomic E-state index is 12.3. The fourth-order valence-electron chi connectivity index (χ4n) is 1.86. The first-order valence-corrected chi connectivity index (χ1v) is 5.92. The summed E-state index contributed by atoms with van der Waals surface area (Å²) < 4.78 is 77.5. The molecule has 21 heavy (non-hydrogen) atoms. The normalized spacial score (nSPS) is 14.6. The molecule has 0 aliphatic carbocycles. The molecule has 0 amide bonds. The lowest BCUT2D eigenvalue weighted by atomic mass is 10.0. The maximum atomic E-state index is 12.3. The van der Waals surface area contributed by atoms with E-state index in [1.165, 1.54) is 12.1 Å². The minimum atomic E-state index is -5.58. The van der Waals surface area contributed by atoms with Crippen LogP contribution in [-0.4, -0.2) is 30.2 Å². The lowest BCUT2D eigenvalue weighted by molar-refractivity contribution is -0.324. The van der Waals surface area contributed by atoms with Crippen molar-refractivity contribution in [2.75, 3.05) is 6.61 Å². The quantitative estimate of drug-likeness (QED) is 0.855. The summed E-state index contributed by atoms with van der Waals surface area (Å²) in [6.07, 6.45) is -16.7. The zero-order chi connectivity index (χ0) is 16.4. The SMILES string of the molecule is Cc1cc(C)cc(C(O)COC(C(F)(F)F)C(F)(F)F)c1. The Kier molecular flexibility index (Phi) is 5.27. The van der Waals surface area contributed by atoms with Gasteiger partial charge in [-0.25, -0.2) is 0 Å². The van der Waals surface area contributed by atoms with Crippen molar-refractivity contribution in [3.8, 4) is 0 Å². The van der Waals surface area contributed by atoms with Gasteiger partial charge >= 0.3 is 12.4 Å². The van der Waals surface area contributed by atoms with Crippen LogP contribution in [-0.2, 0) is 4.74 Å². The summed E-state index contributed by atoms with van der Waals surface area (Å²) >= 11 is 0. The lowest BCUT2D eigenvalue weighted by Crippen LogP contribution is -2.45. The van der Waals surface area contributed by atoms with Crippen molar-refractivity contribution >= 4 is 0 Å². The van der Waals surface area contributed by atoms with Crippen molar-refractivity contribution in [3.63, 3.8) is 0 Å². The van der Waals surface area contributed by atoms with E-state index < -0.39 is 31.2 Å². The van der Waals surface area contributed by atoms with E-state index in [0.29, 0.717) is 0 Å². The zero-order valence-electron chi connectivity index (χ0n) is 11.2. The number of aliphatic hydroxyl groups excluding tert-OH is 1. The predicted octanol–water partition coefficient (Wildman–Crippen LogP) is 3.85. The van der Waals surface area contributed by atoms with E-state index in [-0.39, 0.29) is 5.56 Å². The molecule has 1 rings (SSSR count). The van der Waals surface area contributed by atoms with Crippen LogP contribution in [0.15, 0.2) is 18.2 Å².